The Morgan fingerprint density at radius 2 is 1.85 bits per heavy atom. The van der Waals surface area contributed by atoms with Crippen LogP contribution < -0.4 is 5.32 Å². The molecule has 1 N–H and O–H groups in total. The highest BCUT2D eigenvalue weighted by Crippen LogP contribution is 2.21. The monoisotopic (exact) mass is 294 g/mol. The Labute approximate surface area is 120 Å². The number of nitrogens with zero attached hydrogens (tertiary/aromatic N) is 1. The van der Waals surface area contributed by atoms with Gasteiger partial charge in [-0.15, -0.1) is 0 Å². The van der Waals surface area contributed by atoms with Crippen LogP contribution in [0.3, 0.4) is 0 Å². The normalized spacial score (nSPS) is 10.5. The van der Waals surface area contributed by atoms with Crippen molar-refractivity contribution < 1.29 is 9.31 Å². The van der Waals surface area contributed by atoms with Gasteiger partial charge in [0.05, 0.1) is 4.92 Å². The van der Waals surface area contributed by atoms with E-state index in [1.165, 1.54) is 30.3 Å². The Kier molecular flexibility index (Phi) is 4.65. The van der Waals surface area contributed by atoms with E-state index in [0.29, 0.717) is 23.7 Å². The van der Waals surface area contributed by atoms with E-state index in [0.717, 1.165) is 5.56 Å². The molecule has 0 atom stereocenters. The predicted octanol–water partition coefficient (Wildman–Crippen LogP) is 3.68. The highest BCUT2D eigenvalue weighted by molar-refractivity contribution is 6.31. The first-order valence-electron chi connectivity index (χ1n) is 5.94. The lowest BCUT2D eigenvalue weighted by atomic mass is 10.2. The van der Waals surface area contributed by atoms with E-state index in [4.69, 9.17) is 11.6 Å². The minimum atomic E-state index is -0.459. The van der Waals surface area contributed by atoms with Gasteiger partial charge in [0.1, 0.15) is 5.82 Å². The van der Waals surface area contributed by atoms with Crippen molar-refractivity contribution in [1.29, 1.82) is 0 Å². The lowest BCUT2D eigenvalue weighted by Crippen LogP contribution is -2.13. The summed E-state index contributed by atoms with van der Waals surface area (Å²) >= 11 is 5.99. The Balaban J connectivity index is 1.98. The highest BCUT2D eigenvalue weighted by atomic mass is 35.5. The third-order valence-corrected chi connectivity index (χ3v) is 3.17. The van der Waals surface area contributed by atoms with Crippen LogP contribution in [0.25, 0.3) is 0 Å². The Morgan fingerprint density at radius 1 is 1.15 bits per heavy atom. The van der Waals surface area contributed by atoms with Gasteiger partial charge in [0.2, 0.25) is 0 Å². The topological polar surface area (TPSA) is 55.2 Å². The van der Waals surface area contributed by atoms with Crippen LogP contribution >= 0.6 is 11.6 Å². The van der Waals surface area contributed by atoms with E-state index in [1.807, 2.05) is 0 Å². The van der Waals surface area contributed by atoms with Crippen molar-refractivity contribution in [3.8, 4) is 0 Å². The Morgan fingerprint density at radius 3 is 2.50 bits per heavy atom. The van der Waals surface area contributed by atoms with Crippen molar-refractivity contribution in [2.75, 3.05) is 0 Å². The summed E-state index contributed by atoms with van der Waals surface area (Å²) in [6.45, 7) is 0.928. The molecule has 0 aliphatic heterocycles. The molecule has 0 aliphatic carbocycles. The molecule has 0 radical (unpaired) electrons. The van der Waals surface area contributed by atoms with E-state index in [1.54, 1.807) is 12.1 Å². The molecule has 0 heterocycles. The van der Waals surface area contributed by atoms with E-state index in [-0.39, 0.29) is 11.5 Å². The maximum absolute atomic E-state index is 12.7. The molecule has 4 nitrogen and oxygen atoms in total. The second-order valence-corrected chi connectivity index (χ2v) is 4.67. The van der Waals surface area contributed by atoms with Crippen molar-refractivity contribution in [2.45, 2.75) is 13.1 Å². The standard InChI is InChI=1S/C14H12ClFN2O2/c15-14-6-5-13(18(19)20)7-11(14)9-17-8-10-1-3-12(16)4-2-10/h1-7,17H,8-9H2. The van der Waals surface area contributed by atoms with Crippen LogP contribution in [0, 0.1) is 15.9 Å². The van der Waals surface area contributed by atoms with Gasteiger partial charge >= 0.3 is 0 Å². The number of nitro groups is 1. The average molecular weight is 295 g/mol. The van der Waals surface area contributed by atoms with E-state index >= 15 is 0 Å². The molecule has 20 heavy (non-hydrogen) atoms. The Bertz CT molecular complexity index is 617. The number of benzene rings is 2. The molecule has 6 heteroatoms. The fourth-order valence-electron chi connectivity index (χ4n) is 1.75. The summed E-state index contributed by atoms with van der Waals surface area (Å²) in [5.74, 6) is -0.282. The van der Waals surface area contributed by atoms with Crippen molar-refractivity contribution in [1.82, 2.24) is 5.32 Å². The molecule has 0 spiro atoms. The summed E-state index contributed by atoms with van der Waals surface area (Å²) in [6, 6.07) is 10.4. The SMILES string of the molecule is O=[N+]([O-])c1ccc(Cl)c(CNCc2ccc(F)cc2)c1. The fourth-order valence-corrected chi connectivity index (χ4v) is 1.94. The van der Waals surface area contributed by atoms with Gasteiger partial charge in [0.25, 0.3) is 5.69 Å². The molecule has 0 saturated carbocycles. The van der Waals surface area contributed by atoms with E-state index < -0.39 is 4.92 Å². The predicted molar refractivity (Wildman–Crippen MR) is 75.1 cm³/mol. The van der Waals surface area contributed by atoms with Gasteiger partial charge in [0, 0.05) is 30.2 Å². The summed E-state index contributed by atoms with van der Waals surface area (Å²) in [5, 5.41) is 14.3. The molecule has 0 bridgehead atoms. The van der Waals surface area contributed by atoms with Crippen molar-refractivity contribution in [3.05, 3.63) is 74.5 Å². The van der Waals surface area contributed by atoms with Gasteiger partial charge in [-0.05, 0) is 29.3 Å². The van der Waals surface area contributed by atoms with Crippen LogP contribution in [0.1, 0.15) is 11.1 Å². The first-order valence-corrected chi connectivity index (χ1v) is 6.32. The number of nitrogens with one attached hydrogen (secondary N) is 1. The molecular formula is C14H12ClFN2O2. The maximum Gasteiger partial charge on any atom is 0.269 e. The van der Waals surface area contributed by atoms with E-state index in [2.05, 4.69) is 5.32 Å². The molecule has 2 aromatic carbocycles. The lowest BCUT2D eigenvalue weighted by Gasteiger charge is -2.07. The molecule has 0 unspecified atom stereocenters. The first kappa shape index (κ1) is 14.4. The molecule has 2 aromatic rings. The van der Waals surface area contributed by atoms with Crippen molar-refractivity contribution >= 4 is 17.3 Å². The van der Waals surface area contributed by atoms with Gasteiger partial charge in [-0.1, -0.05) is 23.7 Å². The molecule has 104 valence electrons. The zero-order valence-electron chi connectivity index (χ0n) is 10.5. The number of hydrogen-bond donors (Lipinski definition) is 1. The zero-order chi connectivity index (χ0) is 14.5. The number of halogens is 2. The third-order valence-electron chi connectivity index (χ3n) is 2.80. The highest BCUT2D eigenvalue weighted by Gasteiger charge is 2.09. The van der Waals surface area contributed by atoms with Gasteiger partial charge in [-0.3, -0.25) is 10.1 Å². The second-order valence-electron chi connectivity index (χ2n) is 4.26. The number of rotatable bonds is 5. The van der Waals surface area contributed by atoms with Gasteiger partial charge < -0.3 is 5.32 Å². The smallest absolute Gasteiger partial charge is 0.269 e. The minimum absolute atomic E-state index is 0.00739. The van der Waals surface area contributed by atoms with Crippen LogP contribution in [-0.2, 0) is 13.1 Å². The maximum atomic E-state index is 12.7. The quantitative estimate of drug-likeness (QED) is 0.676. The van der Waals surface area contributed by atoms with E-state index in [9.17, 15) is 14.5 Å². The number of nitro benzene ring substituents is 1. The minimum Gasteiger partial charge on any atom is -0.309 e. The zero-order valence-corrected chi connectivity index (χ0v) is 11.2. The molecular weight excluding hydrogens is 283 g/mol. The first-order chi connectivity index (χ1) is 9.56. The average Bonchev–Trinajstić information content (AvgIpc) is 2.43. The summed E-state index contributed by atoms with van der Waals surface area (Å²) < 4.78 is 12.7. The molecule has 2 rings (SSSR count). The lowest BCUT2D eigenvalue weighted by molar-refractivity contribution is -0.384. The molecule has 0 saturated heterocycles. The summed E-state index contributed by atoms with van der Waals surface area (Å²) in [4.78, 5) is 10.2. The van der Waals surface area contributed by atoms with Gasteiger partial charge in [-0.2, -0.15) is 0 Å². The largest absolute Gasteiger partial charge is 0.309 e. The van der Waals surface area contributed by atoms with Crippen LogP contribution in [0.15, 0.2) is 42.5 Å². The summed E-state index contributed by atoms with van der Waals surface area (Å²) in [7, 11) is 0. The third kappa shape index (κ3) is 3.76. The van der Waals surface area contributed by atoms with Crippen LogP contribution in [0.5, 0.6) is 0 Å². The molecule has 0 aliphatic rings. The van der Waals surface area contributed by atoms with Gasteiger partial charge in [-0.25, -0.2) is 4.39 Å². The molecule has 0 amide bonds. The van der Waals surface area contributed by atoms with Crippen molar-refractivity contribution in [2.24, 2.45) is 0 Å². The molecule has 0 aromatic heterocycles. The number of non-ortho nitro benzene ring substituents is 1. The van der Waals surface area contributed by atoms with Crippen LogP contribution in [0.2, 0.25) is 5.02 Å². The molecule has 0 fully saturated rings. The van der Waals surface area contributed by atoms with Gasteiger partial charge in [0.15, 0.2) is 0 Å². The van der Waals surface area contributed by atoms with Crippen LogP contribution in [-0.4, -0.2) is 4.92 Å². The Hall–Kier alpha value is -1.98. The van der Waals surface area contributed by atoms with Crippen molar-refractivity contribution in [3.63, 3.8) is 0 Å². The fraction of sp³-hybridized carbons (Fsp3) is 0.143. The second kappa shape index (κ2) is 6.45. The van der Waals surface area contributed by atoms with Crippen LogP contribution in [0.4, 0.5) is 10.1 Å². The number of hydrogen-bond acceptors (Lipinski definition) is 3. The summed E-state index contributed by atoms with van der Waals surface area (Å²) in [6.07, 6.45) is 0. The summed E-state index contributed by atoms with van der Waals surface area (Å²) in [5.41, 5.74) is 1.59.